The van der Waals surface area contributed by atoms with Crippen LogP contribution in [0.5, 0.6) is 0 Å². The Hall–Kier alpha value is -2.60. The van der Waals surface area contributed by atoms with Gasteiger partial charge in [0, 0.05) is 38.4 Å². The van der Waals surface area contributed by atoms with Crippen LogP contribution in [0.4, 0.5) is 5.69 Å². The standard InChI is InChI=1S/C18H21N3O3/c1-20(18(23)15-6-4-8-17(22)19-15)13-14-5-2-3-7-16(14)21-9-11-24-12-10-21/h2-8H,9-13H2,1H3,(H,19,22). The average Bonchev–Trinajstić information content (AvgIpc) is 2.62. The van der Waals surface area contributed by atoms with Gasteiger partial charge >= 0.3 is 0 Å². The Morgan fingerprint density at radius 2 is 1.92 bits per heavy atom. The zero-order chi connectivity index (χ0) is 16.9. The Bertz CT molecular complexity index is 766. The topological polar surface area (TPSA) is 65.6 Å². The zero-order valence-corrected chi connectivity index (χ0v) is 13.7. The van der Waals surface area contributed by atoms with E-state index in [1.807, 2.05) is 18.2 Å². The van der Waals surface area contributed by atoms with Crippen LogP contribution in [0.3, 0.4) is 0 Å². The van der Waals surface area contributed by atoms with Crippen molar-refractivity contribution in [1.82, 2.24) is 9.88 Å². The highest BCUT2D eigenvalue weighted by Gasteiger charge is 2.18. The number of pyridine rings is 1. The van der Waals surface area contributed by atoms with Crippen molar-refractivity contribution in [2.24, 2.45) is 0 Å². The predicted octanol–water partition coefficient (Wildman–Crippen LogP) is 1.48. The molecule has 1 amide bonds. The number of nitrogens with one attached hydrogen (secondary N) is 1. The molecule has 1 aliphatic heterocycles. The highest BCUT2D eigenvalue weighted by atomic mass is 16.5. The number of anilines is 1. The first-order valence-corrected chi connectivity index (χ1v) is 8.00. The maximum Gasteiger partial charge on any atom is 0.270 e. The molecule has 1 aliphatic rings. The molecule has 2 aromatic rings. The van der Waals surface area contributed by atoms with E-state index in [4.69, 9.17) is 4.74 Å². The summed E-state index contributed by atoms with van der Waals surface area (Å²) in [6.07, 6.45) is 0. The molecule has 0 bridgehead atoms. The van der Waals surface area contributed by atoms with Crippen LogP contribution in [0.1, 0.15) is 16.1 Å². The van der Waals surface area contributed by atoms with E-state index in [1.54, 1.807) is 24.1 Å². The summed E-state index contributed by atoms with van der Waals surface area (Å²) in [5.74, 6) is -0.204. The molecule has 0 saturated carbocycles. The Morgan fingerprint density at radius 1 is 1.17 bits per heavy atom. The van der Waals surface area contributed by atoms with Crippen molar-refractivity contribution < 1.29 is 9.53 Å². The van der Waals surface area contributed by atoms with Crippen LogP contribution in [-0.2, 0) is 11.3 Å². The number of ether oxygens (including phenoxy) is 1. The molecule has 2 heterocycles. The van der Waals surface area contributed by atoms with E-state index in [1.165, 1.54) is 6.07 Å². The van der Waals surface area contributed by atoms with Crippen LogP contribution in [-0.4, -0.2) is 49.1 Å². The third-order valence-electron chi connectivity index (χ3n) is 4.10. The number of morpholine rings is 1. The van der Waals surface area contributed by atoms with E-state index in [2.05, 4.69) is 16.0 Å². The van der Waals surface area contributed by atoms with Gasteiger partial charge in [-0.25, -0.2) is 0 Å². The molecule has 1 N–H and O–H groups in total. The number of benzene rings is 1. The number of hydrogen-bond donors (Lipinski definition) is 1. The van der Waals surface area contributed by atoms with Crippen molar-refractivity contribution >= 4 is 11.6 Å². The van der Waals surface area contributed by atoms with Crippen LogP contribution in [0.2, 0.25) is 0 Å². The first-order chi connectivity index (χ1) is 11.6. The maximum absolute atomic E-state index is 12.5. The first kappa shape index (κ1) is 16.3. The summed E-state index contributed by atoms with van der Waals surface area (Å²) in [5, 5.41) is 0. The smallest absolute Gasteiger partial charge is 0.270 e. The van der Waals surface area contributed by atoms with Gasteiger partial charge < -0.3 is 19.5 Å². The van der Waals surface area contributed by atoms with Gasteiger partial charge in [0.25, 0.3) is 5.91 Å². The van der Waals surface area contributed by atoms with Gasteiger partial charge in [0.1, 0.15) is 5.69 Å². The monoisotopic (exact) mass is 327 g/mol. The fraction of sp³-hybridized carbons (Fsp3) is 0.333. The second-order valence-electron chi connectivity index (χ2n) is 5.82. The first-order valence-electron chi connectivity index (χ1n) is 8.00. The number of hydrogen-bond acceptors (Lipinski definition) is 4. The minimum absolute atomic E-state index is 0.204. The van der Waals surface area contributed by atoms with Crippen molar-refractivity contribution in [2.45, 2.75) is 6.54 Å². The molecule has 6 heteroatoms. The van der Waals surface area contributed by atoms with E-state index in [0.29, 0.717) is 25.5 Å². The Balaban J connectivity index is 1.78. The van der Waals surface area contributed by atoms with E-state index < -0.39 is 0 Å². The fourth-order valence-electron chi connectivity index (χ4n) is 2.86. The maximum atomic E-state index is 12.5. The second-order valence-corrected chi connectivity index (χ2v) is 5.82. The molecule has 1 fully saturated rings. The molecule has 3 rings (SSSR count). The second kappa shape index (κ2) is 7.31. The van der Waals surface area contributed by atoms with Crippen molar-refractivity contribution in [3.05, 3.63) is 64.1 Å². The van der Waals surface area contributed by atoms with Crippen LogP contribution in [0.25, 0.3) is 0 Å². The van der Waals surface area contributed by atoms with Gasteiger partial charge in [0.15, 0.2) is 0 Å². The van der Waals surface area contributed by atoms with Crippen molar-refractivity contribution in [3.63, 3.8) is 0 Å². The van der Waals surface area contributed by atoms with Crippen LogP contribution < -0.4 is 10.5 Å². The number of H-pyrrole nitrogens is 1. The highest BCUT2D eigenvalue weighted by molar-refractivity contribution is 5.92. The largest absolute Gasteiger partial charge is 0.378 e. The number of para-hydroxylation sites is 1. The molecule has 0 unspecified atom stereocenters. The summed E-state index contributed by atoms with van der Waals surface area (Å²) in [6, 6.07) is 12.7. The molecule has 0 spiro atoms. The fourth-order valence-corrected chi connectivity index (χ4v) is 2.86. The SMILES string of the molecule is CN(Cc1ccccc1N1CCOCC1)C(=O)c1cccc(=O)[nH]1. The molecule has 1 aromatic carbocycles. The Kier molecular flexibility index (Phi) is 4.96. The molecular formula is C18H21N3O3. The highest BCUT2D eigenvalue weighted by Crippen LogP contribution is 2.23. The number of aromatic amines is 1. The molecule has 24 heavy (non-hydrogen) atoms. The van der Waals surface area contributed by atoms with Gasteiger partial charge in [-0.2, -0.15) is 0 Å². The number of rotatable bonds is 4. The predicted molar refractivity (Wildman–Crippen MR) is 92.3 cm³/mol. The van der Waals surface area contributed by atoms with E-state index in [9.17, 15) is 9.59 Å². The van der Waals surface area contributed by atoms with E-state index in [-0.39, 0.29) is 11.5 Å². The molecular weight excluding hydrogens is 306 g/mol. The van der Waals surface area contributed by atoms with Gasteiger partial charge in [-0.3, -0.25) is 9.59 Å². The molecule has 0 radical (unpaired) electrons. The van der Waals surface area contributed by atoms with Gasteiger partial charge in [-0.1, -0.05) is 24.3 Å². The number of amides is 1. The van der Waals surface area contributed by atoms with E-state index >= 15 is 0 Å². The van der Waals surface area contributed by atoms with Gasteiger partial charge in [-0.15, -0.1) is 0 Å². The van der Waals surface area contributed by atoms with Crippen LogP contribution in [0.15, 0.2) is 47.3 Å². The molecule has 126 valence electrons. The number of carbonyl (C=O) groups is 1. The quantitative estimate of drug-likeness (QED) is 0.924. The van der Waals surface area contributed by atoms with Crippen molar-refractivity contribution in [2.75, 3.05) is 38.3 Å². The summed E-state index contributed by atoms with van der Waals surface area (Å²) in [4.78, 5) is 30.4. The lowest BCUT2D eigenvalue weighted by molar-refractivity contribution is 0.0778. The van der Waals surface area contributed by atoms with Gasteiger partial charge in [0.05, 0.1) is 13.2 Å². The molecule has 1 saturated heterocycles. The number of nitrogens with zero attached hydrogens (tertiary/aromatic N) is 2. The Morgan fingerprint density at radius 3 is 2.67 bits per heavy atom. The molecule has 0 atom stereocenters. The minimum Gasteiger partial charge on any atom is -0.378 e. The average molecular weight is 327 g/mol. The van der Waals surface area contributed by atoms with Crippen molar-refractivity contribution in [1.29, 1.82) is 0 Å². The van der Waals surface area contributed by atoms with Gasteiger partial charge in [-0.05, 0) is 17.7 Å². The summed E-state index contributed by atoms with van der Waals surface area (Å²) < 4.78 is 5.41. The number of carbonyl (C=O) groups excluding carboxylic acids is 1. The van der Waals surface area contributed by atoms with Crippen molar-refractivity contribution in [3.8, 4) is 0 Å². The lowest BCUT2D eigenvalue weighted by Gasteiger charge is -2.31. The molecule has 0 aliphatic carbocycles. The van der Waals surface area contributed by atoms with Crippen LogP contribution in [0, 0.1) is 0 Å². The normalized spacial score (nSPS) is 14.5. The summed E-state index contributed by atoms with van der Waals surface area (Å²) in [5.41, 5.74) is 2.23. The zero-order valence-electron chi connectivity index (χ0n) is 13.7. The lowest BCUT2D eigenvalue weighted by atomic mass is 10.1. The lowest BCUT2D eigenvalue weighted by Crippen LogP contribution is -2.37. The molecule has 1 aromatic heterocycles. The molecule has 6 nitrogen and oxygen atoms in total. The number of aromatic nitrogens is 1. The third-order valence-corrected chi connectivity index (χ3v) is 4.10. The Labute approximate surface area is 140 Å². The minimum atomic E-state index is -0.275. The third kappa shape index (κ3) is 3.65. The summed E-state index contributed by atoms with van der Waals surface area (Å²) in [6.45, 7) is 3.60. The van der Waals surface area contributed by atoms with E-state index in [0.717, 1.165) is 24.3 Å². The van der Waals surface area contributed by atoms with Gasteiger partial charge in [0.2, 0.25) is 5.56 Å². The summed E-state index contributed by atoms with van der Waals surface area (Å²) >= 11 is 0. The van der Waals surface area contributed by atoms with Crippen LogP contribution >= 0.6 is 0 Å². The summed E-state index contributed by atoms with van der Waals surface area (Å²) in [7, 11) is 1.74.